The first-order valence-electron chi connectivity index (χ1n) is 5.72. The van der Waals surface area contributed by atoms with Gasteiger partial charge in [-0.15, -0.1) is 0 Å². The van der Waals surface area contributed by atoms with Gasteiger partial charge in [0.2, 0.25) is 0 Å². The predicted octanol–water partition coefficient (Wildman–Crippen LogP) is 1.93. The first-order chi connectivity index (χ1) is 8.18. The molecule has 0 aliphatic carbocycles. The topological polar surface area (TPSA) is 55.5 Å². The van der Waals surface area contributed by atoms with E-state index in [1.807, 2.05) is 42.5 Å². The highest BCUT2D eigenvalue weighted by Gasteiger charge is 2.11. The fourth-order valence-electron chi connectivity index (χ4n) is 1.65. The van der Waals surface area contributed by atoms with Crippen LogP contribution in [0.3, 0.4) is 0 Å². The van der Waals surface area contributed by atoms with Crippen LogP contribution in [0.1, 0.15) is 6.92 Å². The highest BCUT2D eigenvalue weighted by molar-refractivity contribution is 5.88. The summed E-state index contributed by atoms with van der Waals surface area (Å²) in [6, 6.07) is 13.6. The molecular weight excluding hydrogens is 214 g/mol. The lowest BCUT2D eigenvalue weighted by molar-refractivity contribution is 0.0908. The van der Waals surface area contributed by atoms with Gasteiger partial charge in [-0.1, -0.05) is 36.4 Å². The molecule has 0 aliphatic heterocycles. The smallest absolute Gasteiger partial charge is 0.127 e. The van der Waals surface area contributed by atoms with Crippen molar-refractivity contribution in [2.45, 2.75) is 19.1 Å². The van der Waals surface area contributed by atoms with Gasteiger partial charge in [-0.3, -0.25) is 0 Å². The van der Waals surface area contributed by atoms with Crippen molar-refractivity contribution in [2.75, 3.05) is 6.61 Å². The van der Waals surface area contributed by atoms with E-state index >= 15 is 0 Å². The number of hydrogen-bond donors (Lipinski definition) is 2. The number of benzene rings is 2. The van der Waals surface area contributed by atoms with Gasteiger partial charge in [-0.2, -0.15) is 0 Å². The van der Waals surface area contributed by atoms with Crippen LogP contribution in [0.15, 0.2) is 42.5 Å². The second kappa shape index (κ2) is 5.17. The average Bonchev–Trinajstić information content (AvgIpc) is 2.35. The van der Waals surface area contributed by atoms with Crippen molar-refractivity contribution in [1.29, 1.82) is 0 Å². The second-order valence-corrected chi connectivity index (χ2v) is 4.21. The van der Waals surface area contributed by atoms with E-state index in [-0.39, 0.29) is 12.6 Å². The zero-order valence-electron chi connectivity index (χ0n) is 9.84. The molecule has 0 fully saturated rings. The van der Waals surface area contributed by atoms with Gasteiger partial charge in [0, 0.05) is 11.4 Å². The van der Waals surface area contributed by atoms with E-state index in [0.717, 1.165) is 16.5 Å². The Balaban J connectivity index is 2.19. The fourth-order valence-corrected chi connectivity index (χ4v) is 1.65. The third-order valence-electron chi connectivity index (χ3n) is 2.77. The summed E-state index contributed by atoms with van der Waals surface area (Å²) in [7, 11) is 0. The maximum atomic E-state index is 9.61. The van der Waals surface area contributed by atoms with Gasteiger partial charge < -0.3 is 15.6 Å². The lowest BCUT2D eigenvalue weighted by Crippen LogP contribution is -2.36. The van der Waals surface area contributed by atoms with E-state index < -0.39 is 6.10 Å². The summed E-state index contributed by atoms with van der Waals surface area (Å²) in [4.78, 5) is 0. The summed E-state index contributed by atoms with van der Waals surface area (Å²) in [5.74, 6) is 0.780. The van der Waals surface area contributed by atoms with Crippen LogP contribution in [-0.2, 0) is 0 Å². The minimum absolute atomic E-state index is 0.214. The highest BCUT2D eigenvalue weighted by atomic mass is 16.5. The van der Waals surface area contributed by atoms with Gasteiger partial charge in [0.1, 0.15) is 18.5 Å². The molecule has 2 aromatic rings. The third-order valence-corrected chi connectivity index (χ3v) is 2.77. The Morgan fingerprint density at radius 1 is 1.18 bits per heavy atom. The molecule has 0 radical (unpaired) electrons. The van der Waals surface area contributed by atoms with Crippen molar-refractivity contribution in [3.63, 3.8) is 0 Å². The molecule has 0 heterocycles. The van der Waals surface area contributed by atoms with Crippen LogP contribution in [0.25, 0.3) is 10.8 Å². The van der Waals surface area contributed by atoms with E-state index in [0.29, 0.717) is 0 Å². The molecule has 0 unspecified atom stereocenters. The van der Waals surface area contributed by atoms with Crippen molar-refractivity contribution in [2.24, 2.45) is 5.73 Å². The fraction of sp³-hybridized carbons (Fsp3) is 0.286. The molecule has 90 valence electrons. The van der Waals surface area contributed by atoms with Crippen molar-refractivity contribution in [1.82, 2.24) is 0 Å². The molecule has 0 spiro atoms. The van der Waals surface area contributed by atoms with Crippen molar-refractivity contribution in [3.05, 3.63) is 42.5 Å². The molecule has 0 aromatic heterocycles. The summed E-state index contributed by atoms with van der Waals surface area (Å²) in [6.07, 6.45) is -0.644. The number of hydrogen-bond acceptors (Lipinski definition) is 3. The molecule has 3 nitrogen and oxygen atoms in total. The number of aliphatic hydroxyl groups excluding tert-OH is 1. The standard InChI is InChI=1S/C14H17NO2/c1-10(15)13(16)9-17-14-8-4-6-11-5-2-3-7-12(11)14/h2-8,10,13,16H,9,15H2,1H3/t10-,13-/m0/s1. The maximum Gasteiger partial charge on any atom is 0.127 e. The monoisotopic (exact) mass is 231 g/mol. The summed E-state index contributed by atoms with van der Waals surface area (Å²) in [5.41, 5.74) is 5.58. The van der Waals surface area contributed by atoms with Gasteiger partial charge in [0.05, 0.1) is 0 Å². The van der Waals surface area contributed by atoms with E-state index in [2.05, 4.69) is 0 Å². The van der Waals surface area contributed by atoms with Crippen LogP contribution in [0.2, 0.25) is 0 Å². The summed E-state index contributed by atoms with van der Waals surface area (Å²) in [5, 5.41) is 11.8. The number of aliphatic hydroxyl groups is 1. The molecule has 2 rings (SSSR count). The van der Waals surface area contributed by atoms with Crippen LogP contribution in [-0.4, -0.2) is 23.9 Å². The Kier molecular flexibility index (Phi) is 3.61. The minimum Gasteiger partial charge on any atom is -0.490 e. The highest BCUT2D eigenvalue weighted by Crippen LogP contribution is 2.25. The SMILES string of the molecule is C[C@H](N)[C@@H](O)COc1cccc2ccccc12. The third kappa shape index (κ3) is 2.75. The molecule has 17 heavy (non-hydrogen) atoms. The molecule has 2 atom stereocenters. The Hall–Kier alpha value is -1.58. The first-order valence-corrected chi connectivity index (χ1v) is 5.72. The average molecular weight is 231 g/mol. The number of rotatable bonds is 4. The van der Waals surface area contributed by atoms with E-state index in [4.69, 9.17) is 10.5 Å². The molecule has 0 amide bonds. The van der Waals surface area contributed by atoms with E-state index in [1.54, 1.807) is 6.92 Å². The minimum atomic E-state index is -0.644. The zero-order chi connectivity index (χ0) is 12.3. The molecule has 3 N–H and O–H groups in total. The lowest BCUT2D eigenvalue weighted by atomic mass is 10.1. The normalized spacial score (nSPS) is 14.5. The molecule has 0 bridgehead atoms. The summed E-state index contributed by atoms with van der Waals surface area (Å²) < 4.78 is 5.61. The van der Waals surface area contributed by atoms with Crippen molar-refractivity contribution >= 4 is 10.8 Å². The number of ether oxygens (including phenoxy) is 1. The Labute approximate surface area is 101 Å². The molecule has 0 saturated carbocycles. The van der Waals surface area contributed by atoms with Gasteiger partial charge >= 0.3 is 0 Å². The van der Waals surface area contributed by atoms with E-state index in [9.17, 15) is 5.11 Å². The van der Waals surface area contributed by atoms with Gasteiger partial charge in [0.15, 0.2) is 0 Å². The molecule has 0 saturated heterocycles. The zero-order valence-corrected chi connectivity index (χ0v) is 9.84. The second-order valence-electron chi connectivity index (χ2n) is 4.21. The molecule has 2 aromatic carbocycles. The van der Waals surface area contributed by atoms with Crippen molar-refractivity contribution < 1.29 is 9.84 Å². The van der Waals surface area contributed by atoms with Crippen molar-refractivity contribution in [3.8, 4) is 5.75 Å². The molecule has 0 aliphatic rings. The number of fused-ring (bicyclic) bond motifs is 1. The lowest BCUT2D eigenvalue weighted by Gasteiger charge is -2.16. The van der Waals surface area contributed by atoms with Crippen LogP contribution >= 0.6 is 0 Å². The van der Waals surface area contributed by atoms with Crippen LogP contribution in [0.4, 0.5) is 0 Å². The molecule has 3 heteroatoms. The van der Waals surface area contributed by atoms with E-state index in [1.165, 1.54) is 0 Å². The Morgan fingerprint density at radius 2 is 1.88 bits per heavy atom. The first kappa shape index (κ1) is 11.9. The largest absolute Gasteiger partial charge is 0.490 e. The summed E-state index contributed by atoms with van der Waals surface area (Å²) in [6.45, 7) is 1.98. The van der Waals surface area contributed by atoms with Crippen LogP contribution in [0.5, 0.6) is 5.75 Å². The Morgan fingerprint density at radius 3 is 2.65 bits per heavy atom. The van der Waals surface area contributed by atoms with Gasteiger partial charge in [-0.25, -0.2) is 0 Å². The number of nitrogens with two attached hydrogens (primary N) is 1. The Bertz CT molecular complexity index is 491. The van der Waals surface area contributed by atoms with Crippen LogP contribution in [0, 0.1) is 0 Å². The van der Waals surface area contributed by atoms with Gasteiger partial charge in [0.25, 0.3) is 0 Å². The van der Waals surface area contributed by atoms with Crippen LogP contribution < -0.4 is 10.5 Å². The molecular formula is C14H17NO2. The maximum absolute atomic E-state index is 9.61. The quantitative estimate of drug-likeness (QED) is 0.845. The predicted molar refractivity (Wildman–Crippen MR) is 69.1 cm³/mol. The summed E-state index contributed by atoms with van der Waals surface area (Å²) >= 11 is 0. The van der Waals surface area contributed by atoms with Gasteiger partial charge in [-0.05, 0) is 18.4 Å².